The highest BCUT2D eigenvalue weighted by Crippen LogP contribution is 2.10. The second-order valence-electron chi connectivity index (χ2n) is 3.48. The molecule has 1 rings (SSSR count). The summed E-state index contributed by atoms with van der Waals surface area (Å²) >= 11 is 0. The van der Waals surface area contributed by atoms with Crippen LogP contribution in [0.5, 0.6) is 5.75 Å². The number of carbonyl (C=O) groups excluding carboxylic acids is 1. The molecule has 18 heavy (non-hydrogen) atoms. The van der Waals surface area contributed by atoms with Crippen LogP contribution in [0, 0.1) is 0 Å². The van der Waals surface area contributed by atoms with Crippen molar-refractivity contribution >= 4 is 6.29 Å². The fourth-order valence-electron chi connectivity index (χ4n) is 1.29. The summed E-state index contributed by atoms with van der Waals surface area (Å²) < 4.78 is 9.86. The van der Waals surface area contributed by atoms with E-state index in [-0.39, 0.29) is 5.76 Å². The van der Waals surface area contributed by atoms with Gasteiger partial charge >= 0.3 is 0 Å². The first-order chi connectivity index (χ1) is 8.80. The van der Waals surface area contributed by atoms with E-state index in [9.17, 15) is 4.79 Å². The quantitative estimate of drug-likeness (QED) is 0.346. The lowest BCUT2D eigenvalue weighted by Gasteiger charge is -2.03. The van der Waals surface area contributed by atoms with Gasteiger partial charge in [0.05, 0.1) is 14.2 Å². The summed E-state index contributed by atoms with van der Waals surface area (Å²) in [5, 5.41) is 3.11. The average molecular weight is 247 g/mol. The Kier molecular flexibility index (Phi) is 6.11. The summed E-state index contributed by atoms with van der Waals surface area (Å²) in [6.07, 6.45) is 5.73. The number of carbonyl (C=O) groups is 1. The van der Waals surface area contributed by atoms with E-state index in [2.05, 4.69) is 5.32 Å². The number of ether oxygens (including phenoxy) is 2. The van der Waals surface area contributed by atoms with Crippen molar-refractivity contribution in [3.8, 4) is 5.75 Å². The molecule has 0 saturated heterocycles. The molecule has 1 aromatic carbocycles. The van der Waals surface area contributed by atoms with Crippen molar-refractivity contribution < 1.29 is 14.3 Å². The Labute approximate surface area is 107 Å². The Bertz CT molecular complexity index is 421. The van der Waals surface area contributed by atoms with E-state index in [0.29, 0.717) is 12.8 Å². The van der Waals surface area contributed by atoms with E-state index >= 15 is 0 Å². The molecule has 0 spiro atoms. The molecule has 0 unspecified atom stereocenters. The number of methoxy groups -OCH3 is 2. The molecule has 0 aromatic heterocycles. The molecule has 0 aliphatic rings. The lowest BCUT2D eigenvalue weighted by atomic mass is 10.2. The highest BCUT2D eigenvalue weighted by atomic mass is 16.5. The number of benzene rings is 1. The van der Waals surface area contributed by atoms with Crippen molar-refractivity contribution in [3.05, 3.63) is 53.9 Å². The van der Waals surface area contributed by atoms with Gasteiger partial charge in [-0.1, -0.05) is 12.1 Å². The van der Waals surface area contributed by atoms with Crippen molar-refractivity contribution in [2.45, 2.75) is 6.54 Å². The van der Waals surface area contributed by atoms with E-state index in [1.54, 1.807) is 25.5 Å². The summed E-state index contributed by atoms with van der Waals surface area (Å²) in [6.45, 7) is 0.706. The highest BCUT2D eigenvalue weighted by molar-refractivity contribution is 5.70. The van der Waals surface area contributed by atoms with Gasteiger partial charge in [0, 0.05) is 6.54 Å². The highest BCUT2D eigenvalue weighted by Gasteiger charge is 1.92. The maximum atomic E-state index is 10.4. The minimum absolute atomic E-state index is 0.289. The smallest absolute Gasteiger partial charge is 0.184 e. The molecular formula is C14H17NO3. The van der Waals surface area contributed by atoms with Gasteiger partial charge in [0.25, 0.3) is 0 Å². The lowest BCUT2D eigenvalue weighted by molar-refractivity contribution is -0.107. The predicted octanol–water partition coefficient (Wildman–Crippen LogP) is 2.03. The summed E-state index contributed by atoms with van der Waals surface area (Å²) in [5.41, 5.74) is 1.15. The fourth-order valence-corrected chi connectivity index (χ4v) is 1.29. The van der Waals surface area contributed by atoms with Crippen LogP contribution in [0.4, 0.5) is 0 Å². The van der Waals surface area contributed by atoms with Gasteiger partial charge in [-0.2, -0.15) is 0 Å². The van der Waals surface area contributed by atoms with Crippen LogP contribution in [0.25, 0.3) is 0 Å². The Hall–Kier alpha value is -2.23. The van der Waals surface area contributed by atoms with Gasteiger partial charge in [0.15, 0.2) is 12.0 Å². The zero-order valence-corrected chi connectivity index (χ0v) is 10.6. The van der Waals surface area contributed by atoms with Gasteiger partial charge in [-0.05, 0) is 36.0 Å². The van der Waals surface area contributed by atoms with E-state index in [4.69, 9.17) is 9.47 Å². The molecule has 1 aromatic rings. The van der Waals surface area contributed by atoms with Crippen LogP contribution >= 0.6 is 0 Å². The summed E-state index contributed by atoms with van der Waals surface area (Å²) in [7, 11) is 3.10. The number of rotatable bonds is 7. The zero-order chi connectivity index (χ0) is 13.2. The van der Waals surface area contributed by atoms with E-state index < -0.39 is 0 Å². The minimum atomic E-state index is 0.289. The van der Waals surface area contributed by atoms with Crippen molar-refractivity contribution in [3.63, 3.8) is 0 Å². The van der Waals surface area contributed by atoms with Crippen LogP contribution < -0.4 is 10.1 Å². The van der Waals surface area contributed by atoms with Crippen molar-refractivity contribution in [2.24, 2.45) is 0 Å². The van der Waals surface area contributed by atoms with Gasteiger partial charge in [-0.15, -0.1) is 0 Å². The molecule has 0 radical (unpaired) electrons. The van der Waals surface area contributed by atoms with Gasteiger partial charge in [-0.25, -0.2) is 0 Å². The van der Waals surface area contributed by atoms with Crippen molar-refractivity contribution in [1.82, 2.24) is 5.32 Å². The molecule has 0 saturated carbocycles. The first-order valence-corrected chi connectivity index (χ1v) is 5.52. The molecule has 0 amide bonds. The normalized spacial score (nSPS) is 11.3. The minimum Gasteiger partial charge on any atom is -0.497 e. The molecule has 0 aliphatic carbocycles. The van der Waals surface area contributed by atoms with E-state index in [1.807, 2.05) is 24.3 Å². The third kappa shape index (κ3) is 4.74. The Balaban J connectivity index is 2.39. The largest absolute Gasteiger partial charge is 0.497 e. The van der Waals surface area contributed by atoms with Crippen LogP contribution in [0.1, 0.15) is 5.56 Å². The van der Waals surface area contributed by atoms with Crippen LogP contribution in [-0.4, -0.2) is 20.5 Å². The molecule has 0 heterocycles. The number of nitrogens with one attached hydrogen (secondary N) is 1. The van der Waals surface area contributed by atoms with Crippen LogP contribution in [0.15, 0.2) is 48.4 Å². The molecule has 1 N–H and O–H groups in total. The predicted molar refractivity (Wildman–Crippen MR) is 70.1 cm³/mol. The topological polar surface area (TPSA) is 47.6 Å². The SMILES string of the molecule is CO/C(C=O)=C\C=C\NCc1ccc(OC)cc1. The monoisotopic (exact) mass is 247 g/mol. The molecule has 4 nitrogen and oxygen atoms in total. The number of allylic oxidation sites excluding steroid dienone is 3. The first kappa shape index (κ1) is 13.8. The Morgan fingerprint density at radius 3 is 2.56 bits per heavy atom. The summed E-state index contributed by atoms with van der Waals surface area (Å²) in [5.74, 6) is 1.13. The summed E-state index contributed by atoms with van der Waals surface area (Å²) in [6, 6.07) is 7.80. The standard InChI is InChI=1S/C14H17NO3/c1-17-13-7-5-12(6-8-13)10-15-9-3-4-14(11-16)18-2/h3-9,11,15H,10H2,1-2H3/b9-3+,14-4-. The second kappa shape index (κ2) is 7.95. The fraction of sp³-hybridized carbons (Fsp3) is 0.214. The zero-order valence-electron chi connectivity index (χ0n) is 10.6. The average Bonchev–Trinajstić information content (AvgIpc) is 2.43. The van der Waals surface area contributed by atoms with Gasteiger partial charge in [0.1, 0.15) is 5.75 Å². The second-order valence-corrected chi connectivity index (χ2v) is 3.48. The van der Waals surface area contributed by atoms with E-state index in [1.165, 1.54) is 7.11 Å². The maximum absolute atomic E-state index is 10.4. The van der Waals surface area contributed by atoms with E-state index in [0.717, 1.165) is 11.3 Å². The van der Waals surface area contributed by atoms with Gasteiger partial charge in [-0.3, -0.25) is 4.79 Å². The maximum Gasteiger partial charge on any atom is 0.184 e. The third-order valence-corrected chi connectivity index (χ3v) is 2.29. The first-order valence-electron chi connectivity index (χ1n) is 5.52. The van der Waals surface area contributed by atoms with Crippen LogP contribution in [0.3, 0.4) is 0 Å². The van der Waals surface area contributed by atoms with Crippen LogP contribution in [0.2, 0.25) is 0 Å². The van der Waals surface area contributed by atoms with Gasteiger partial charge in [0.2, 0.25) is 0 Å². The molecular weight excluding hydrogens is 230 g/mol. The third-order valence-electron chi connectivity index (χ3n) is 2.29. The molecule has 0 atom stereocenters. The molecule has 4 heteroatoms. The van der Waals surface area contributed by atoms with Crippen LogP contribution in [-0.2, 0) is 16.1 Å². The summed E-state index contributed by atoms with van der Waals surface area (Å²) in [4.78, 5) is 10.4. The molecule has 0 fully saturated rings. The number of hydrogen-bond donors (Lipinski definition) is 1. The van der Waals surface area contributed by atoms with Crippen molar-refractivity contribution in [2.75, 3.05) is 14.2 Å². The molecule has 0 bridgehead atoms. The number of aldehydes is 1. The Morgan fingerprint density at radius 1 is 1.28 bits per heavy atom. The van der Waals surface area contributed by atoms with Crippen molar-refractivity contribution in [1.29, 1.82) is 0 Å². The van der Waals surface area contributed by atoms with Gasteiger partial charge < -0.3 is 14.8 Å². The lowest BCUT2D eigenvalue weighted by Crippen LogP contribution is -2.03. The molecule has 0 aliphatic heterocycles. The molecule has 96 valence electrons. The Morgan fingerprint density at radius 2 is 2.00 bits per heavy atom. The number of hydrogen-bond acceptors (Lipinski definition) is 4.